The normalized spacial score (nSPS) is 28.4. The van der Waals surface area contributed by atoms with Crippen LogP contribution in [0.2, 0.25) is 5.02 Å². The highest BCUT2D eigenvalue weighted by Gasteiger charge is 2.36. The molecule has 2 nitrogen and oxygen atoms in total. The summed E-state index contributed by atoms with van der Waals surface area (Å²) < 4.78 is 5.30. The van der Waals surface area contributed by atoms with Gasteiger partial charge in [-0.1, -0.05) is 24.6 Å². The summed E-state index contributed by atoms with van der Waals surface area (Å²) in [5.41, 5.74) is 1.57. The molecule has 1 aromatic carbocycles. The standard InChI is InChI=1S/C14H20ClNO/c1-14(7-6-11(9-14)16-2)10-4-5-12(15)13(8-10)17-3/h4-5,8,11,16H,6-7,9H2,1-3H3. The molecule has 0 radical (unpaired) electrons. The molecule has 94 valence electrons. The van der Waals surface area contributed by atoms with Gasteiger partial charge in [-0.25, -0.2) is 0 Å². The zero-order valence-electron chi connectivity index (χ0n) is 10.7. The van der Waals surface area contributed by atoms with E-state index >= 15 is 0 Å². The van der Waals surface area contributed by atoms with Crippen LogP contribution in [0.5, 0.6) is 5.75 Å². The molecule has 0 spiro atoms. The Morgan fingerprint density at radius 3 is 2.82 bits per heavy atom. The molecule has 1 saturated carbocycles. The second-order valence-corrected chi connectivity index (χ2v) is 5.55. The summed E-state index contributed by atoms with van der Waals surface area (Å²) in [5.74, 6) is 0.776. The van der Waals surface area contributed by atoms with E-state index in [1.807, 2.05) is 13.1 Å². The fourth-order valence-corrected chi connectivity index (χ4v) is 2.98. The van der Waals surface area contributed by atoms with Crippen LogP contribution in [0.25, 0.3) is 0 Å². The maximum absolute atomic E-state index is 6.07. The minimum absolute atomic E-state index is 0.242. The third kappa shape index (κ3) is 2.43. The quantitative estimate of drug-likeness (QED) is 0.892. The lowest BCUT2D eigenvalue weighted by Gasteiger charge is -2.25. The number of hydrogen-bond donors (Lipinski definition) is 1. The van der Waals surface area contributed by atoms with Gasteiger partial charge in [0.2, 0.25) is 0 Å². The molecule has 2 rings (SSSR count). The SMILES string of the molecule is CNC1CCC(C)(c2ccc(Cl)c(OC)c2)C1. The van der Waals surface area contributed by atoms with Gasteiger partial charge in [-0.05, 0) is 49.4 Å². The Labute approximate surface area is 108 Å². The highest BCUT2D eigenvalue weighted by Crippen LogP contribution is 2.42. The molecule has 3 heteroatoms. The van der Waals surface area contributed by atoms with Gasteiger partial charge in [-0.3, -0.25) is 0 Å². The molecule has 2 atom stereocenters. The summed E-state index contributed by atoms with van der Waals surface area (Å²) in [4.78, 5) is 0. The summed E-state index contributed by atoms with van der Waals surface area (Å²) in [6.07, 6.45) is 3.62. The van der Waals surface area contributed by atoms with Crippen molar-refractivity contribution in [2.45, 2.75) is 37.6 Å². The van der Waals surface area contributed by atoms with Crippen molar-refractivity contribution in [3.05, 3.63) is 28.8 Å². The molecular formula is C14H20ClNO. The van der Waals surface area contributed by atoms with Gasteiger partial charge in [0.25, 0.3) is 0 Å². The van der Waals surface area contributed by atoms with E-state index in [-0.39, 0.29) is 5.41 Å². The van der Waals surface area contributed by atoms with Crippen LogP contribution in [0.3, 0.4) is 0 Å². The van der Waals surface area contributed by atoms with Gasteiger partial charge in [-0.2, -0.15) is 0 Å². The lowest BCUT2D eigenvalue weighted by atomic mass is 9.81. The summed E-state index contributed by atoms with van der Waals surface area (Å²) in [5, 5.41) is 4.05. The Balaban J connectivity index is 2.28. The molecule has 0 aromatic heterocycles. The van der Waals surface area contributed by atoms with Crippen molar-refractivity contribution in [3.8, 4) is 5.75 Å². The second-order valence-electron chi connectivity index (χ2n) is 5.14. The zero-order valence-corrected chi connectivity index (χ0v) is 11.5. The summed E-state index contributed by atoms with van der Waals surface area (Å²) in [7, 11) is 3.71. The first-order valence-electron chi connectivity index (χ1n) is 6.10. The van der Waals surface area contributed by atoms with Gasteiger partial charge in [-0.15, -0.1) is 0 Å². The van der Waals surface area contributed by atoms with E-state index < -0.39 is 0 Å². The van der Waals surface area contributed by atoms with Crippen molar-refractivity contribution in [1.82, 2.24) is 5.32 Å². The van der Waals surface area contributed by atoms with Gasteiger partial charge in [0.1, 0.15) is 5.75 Å². The van der Waals surface area contributed by atoms with Crippen molar-refractivity contribution >= 4 is 11.6 Å². The summed E-state index contributed by atoms with van der Waals surface area (Å²) in [6, 6.07) is 6.78. The Bertz CT molecular complexity index is 407. The lowest BCUT2D eigenvalue weighted by Crippen LogP contribution is -2.25. The van der Waals surface area contributed by atoms with Crippen molar-refractivity contribution in [1.29, 1.82) is 0 Å². The van der Waals surface area contributed by atoms with E-state index in [0.29, 0.717) is 11.1 Å². The molecular weight excluding hydrogens is 234 g/mol. The van der Waals surface area contributed by atoms with Gasteiger partial charge in [0.05, 0.1) is 12.1 Å². The van der Waals surface area contributed by atoms with Crippen LogP contribution in [0, 0.1) is 0 Å². The van der Waals surface area contributed by atoms with Crippen molar-refractivity contribution in [2.75, 3.05) is 14.2 Å². The molecule has 1 aromatic rings. The van der Waals surface area contributed by atoms with Crippen LogP contribution in [0.4, 0.5) is 0 Å². The Hall–Kier alpha value is -0.730. The van der Waals surface area contributed by atoms with E-state index in [1.165, 1.54) is 24.8 Å². The van der Waals surface area contributed by atoms with Crippen LogP contribution < -0.4 is 10.1 Å². The first-order chi connectivity index (χ1) is 8.09. The monoisotopic (exact) mass is 253 g/mol. The van der Waals surface area contributed by atoms with Crippen LogP contribution >= 0.6 is 11.6 Å². The number of ether oxygens (including phenoxy) is 1. The topological polar surface area (TPSA) is 21.3 Å². The molecule has 0 bridgehead atoms. The smallest absolute Gasteiger partial charge is 0.137 e. The first kappa shape index (κ1) is 12.7. The number of methoxy groups -OCH3 is 1. The molecule has 1 aliphatic carbocycles. The van der Waals surface area contributed by atoms with Gasteiger partial charge < -0.3 is 10.1 Å². The Morgan fingerprint density at radius 1 is 1.47 bits per heavy atom. The fourth-order valence-electron chi connectivity index (χ4n) is 2.78. The van der Waals surface area contributed by atoms with Crippen molar-refractivity contribution in [2.24, 2.45) is 0 Å². The highest BCUT2D eigenvalue weighted by atomic mass is 35.5. The van der Waals surface area contributed by atoms with E-state index in [4.69, 9.17) is 16.3 Å². The predicted molar refractivity (Wildman–Crippen MR) is 72.1 cm³/mol. The van der Waals surface area contributed by atoms with Crippen LogP contribution in [-0.4, -0.2) is 20.2 Å². The van der Waals surface area contributed by atoms with Crippen LogP contribution in [0.1, 0.15) is 31.7 Å². The Kier molecular flexibility index (Phi) is 3.64. The highest BCUT2D eigenvalue weighted by molar-refractivity contribution is 6.32. The number of rotatable bonds is 3. The summed E-state index contributed by atoms with van der Waals surface area (Å²) in [6.45, 7) is 2.33. The van der Waals surface area contributed by atoms with E-state index in [9.17, 15) is 0 Å². The van der Waals surface area contributed by atoms with Crippen LogP contribution in [0.15, 0.2) is 18.2 Å². The number of nitrogens with one attached hydrogen (secondary N) is 1. The zero-order chi connectivity index (χ0) is 12.5. The van der Waals surface area contributed by atoms with Gasteiger partial charge in [0, 0.05) is 6.04 Å². The maximum Gasteiger partial charge on any atom is 0.137 e. The largest absolute Gasteiger partial charge is 0.495 e. The number of benzene rings is 1. The van der Waals surface area contributed by atoms with Crippen molar-refractivity contribution < 1.29 is 4.74 Å². The number of hydrogen-bond acceptors (Lipinski definition) is 2. The molecule has 17 heavy (non-hydrogen) atoms. The van der Waals surface area contributed by atoms with E-state index in [0.717, 1.165) is 5.75 Å². The average Bonchev–Trinajstić information content (AvgIpc) is 2.73. The minimum Gasteiger partial charge on any atom is -0.495 e. The first-order valence-corrected chi connectivity index (χ1v) is 6.48. The Morgan fingerprint density at radius 2 is 2.24 bits per heavy atom. The predicted octanol–water partition coefficient (Wildman–Crippen LogP) is 3.38. The van der Waals surface area contributed by atoms with Crippen molar-refractivity contribution in [3.63, 3.8) is 0 Å². The number of halogens is 1. The molecule has 1 N–H and O–H groups in total. The molecule has 0 heterocycles. The molecule has 0 amide bonds. The maximum atomic E-state index is 6.07. The average molecular weight is 254 g/mol. The summed E-state index contributed by atoms with van der Waals surface area (Å²) >= 11 is 6.07. The van der Waals surface area contributed by atoms with Gasteiger partial charge in [0.15, 0.2) is 0 Å². The molecule has 1 fully saturated rings. The lowest BCUT2D eigenvalue weighted by molar-refractivity contribution is 0.409. The molecule has 1 aliphatic rings. The third-order valence-corrected chi connectivity index (χ3v) is 4.31. The minimum atomic E-state index is 0.242. The van der Waals surface area contributed by atoms with Gasteiger partial charge >= 0.3 is 0 Å². The van der Waals surface area contributed by atoms with Crippen LogP contribution in [-0.2, 0) is 5.41 Å². The van der Waals surface area contributed by atoms with E-state index in [2.05, 4.69) is 24.4 Å². The second kappa shape index (κ2) is 4.87. The molecule has 0 aliphatic heterocycles. The molecule has 0 saturated heterocycles. The molecule has 2 unspecified atom stereocenters. The fraction of sp³-hybridized carbons (Fsp3) is 0.571. The third-order valence-electron chi connectivity index (χ3n) is 4.00. The van der Waals surface area contributed by atoms with E-state index in [1.54, 1.807) is 7.11 Å².